The molecule has 0 saturated heterocycles. The molecular formula is C16H24N2S. The van der Waals surface area contributed by atoms with Crippen molar-refractivity contribution in [3.63, 3.8) is 0 Å². The molecular weight excluding hydrogens is 252 g/mol. The Labute approximate surface area is 120 Å². The smallest absolute Gasteiger partial charge is 0.0965 e. The summed E-state index contributed by atoms with van der Waals surface area (Å²) in [6, 6.07) is 0.803. The van der Waals surface area contributed by atoms with Crippen molar-refractivity contribution in [2.75, 3.05) is 0 Å². The maximum Gasteiger partial charge on any atom is 0.0965 e. The second-order valence-electron chi connectivity index (χ2n) is 6.71. The summed E-state index contributed by atoms with van der Waals surface area (Å²) in [4.78, 5) is 6.53. The van der Waals surface area contributed by atoms with Crippen LogP contribution in [0.2, 0.25) is 0 Å². The Morgan fingerprint density at radius 3 is 2.74 bits per heavy atom. The molecule has 3 heteroatoms. The Morgan fingerprint density at radius 2 is 2.11 bits per heavy atom. The summed E-state index contributed by atoms with van der Waals surface area (Å²) in [6.07, 6.45) is 9.71. The summed E-state index contributed by atoms with van der Waals surface area (Å²) in [5, 5.41) is 5.13. The van der Waals surface area contributed by atoms with Crippen molar-refractivity contribution >= 4 is 11.3 Å². The molecule has 3 atom stereocenters. The maximum absolute atomic E-state index is 5.01. The summed E-state index contributed by atoms with van der Waals surface area (Å²) < 4.78 is 0. The van der Waals surface area contributed by atoms with Gasteiger partial charge in [0.15, 0.2) is 0 Å². The largest absolute Gasteiger partial charge is 0.309 e. The molecule has 0 amide bonds. The molecule has 0 spiro atoms. The van der Waals surface area contributed by atoms with E-state index in [2.05, 4.69) is 12.2 Å². The van der Waals surface area contributed by atoms with Gasteiger partial charge in [-0.1, -0.05) is 13.3 Å². The van der Waals surface area contributed by atoms with E-state index in [1.807, 2.05) is 11.3 Å². The third-order valence-corrected chi connectivity index (χ3v) is 6.54. The first-order valence-corrected chi connectivity index (χ1v) is 8.87. The predicted octanol–water partition coefficient (Wildman–Crippen LogP) is 3.86. The molecule has 0 aliphatic heterocycles. The Morgan fingerprint density at radius 1 is 1.21 bits per heavy atom. The van der Waals surface area contributed by atoms with Crippen LogP contribution in [0.15, 0.2) is 0 Å². The molecule has 4 rings (SSSR count). The quantitative estimate of drug-likeness (QED) is 0.883. The van der Waals surface area contributed by atoms with Gasteiger partial charge in [-0.15, -0.1) is 11.3 Å². The number of thiazole rings is 1. The Hall–Kier alpha value is -0.410. The second-order valence-corrected chi connectivity index (χ2v) is 7.83. The van der Waals surface area contributed by atoms with Gasteiger partial charge in [-0.05, 0) is 50.4 Å². The van der Waals surface area contributed by atoms with E-state index in [4.69, 9.17) is 4.98 Å². The Balaban J connectivity index is 1.51. The van der Waals surface area contributed by atoms with Gasteiger partial charge in [0.25, 0.3) is 0 Å². The number of fused-ring (bicyclic) bond motifs is 2. The van der Waals surface area contributed by atoms with E-state index in [1.165, 1.54) is 54.1 Å². The fourth-order valence-corrected chi connectivity index (χ4v) is 5.36. The summed E-state index contributed by atoms with van der Waals surface area (Å²) >= 11 is 2.02. The fourth-order valence-electron chi connectivity index (χ4n) is 4.05. The lowest BCUT2D eigenvalue weighted by molar-refractivity contribution is 0.418. The molecule has 3 aliphatic rings. The number of aryl methyl sites for hydroxylation is 1. The highest BCUT2D eigenvalue weighted by Crippen LogP contribution is 2.53. The monoisotopic (exact) mass is 276 g/mol. The molecule has 1 aromatic heterocycles. The minimum Gasteiger partial charge on any atom is -0.309 e. The van der Waals surface area contributed by atoms with Crippen molar-refractivity contribution in [1.82, 2.24) is 10.3 Å². The Bertz CT molecular complexity index is 463. The average Bonchev–Trinajstić information content (AvgIpc) is 2.89. The maximum atomic E-state index is 5.01. The predicted molar refractivity (Wildman–Crippen MR) is 79.5 cm³/mol. The van der Waals surface area contributed by atoms with Crippen molar-refractivity contribution in [2.45, 2.75) is 70.4 Å². The number of aromatic nitrogens is 1. The number of nitrogens with zero attached hydrogens (tertiary/aromatic N) is 1. The van der Waals surface area contributed by atoms with Crippen LogP contribution in [-0.4, -0.2) is 11.0 Å². The van der Waals surface area contributed by atoms with Gasteiger partial charge in [0.05, 0.1) is 10.7 Å². The third-order valence-electron chi connectivity index (χ3n) is 5.31. The number of hydrogen-bond donors (Lipinski definition) is 1. The molecule has 3 unspecified atom stereocenters. The number of rotatable bonds is 5. The van der Waals surface area contributed by atoms with E-state index in [1.54, 1.807) is 0 Å². The van der Waals surface area contributed by atoms with Crippen LogP contribution in [0, 0.1) is 11.8 Å². The Kier molecular flexibility index (Phi) is 3.15. The highest BCUT2D eigenvalue weighted by molar-refractivity contribution is 7.11. The van der Waals surface area contributed by atoms with Crippen LogP contribution >= 0.6 is 11.3 Å². The van der Waals surface area contributed by atoms with Gasteiger partial charge < -0.3 is 5.32 Å². The highest BCUT2D eigenvalue weighted by atomic mass is 32.1. The molecule has 3 fully saturated rings. The average molecular weight is 276 g/mol. The molecule has 2 nitrogen and oxygen atoms in total. The molecule has 19 heavy (non-hydrogen) atoms. The zero-order valence-electron chi connectivity index (χ0n) is 11.8. The van der Waals surface area contributed by atoms with Crippen LogP contribution < -0.4 is 5.32 Å². The van der Waals surface area contributed by atoms with Crippen LogP contribution in [-0.2, 0) is 13.0 Å². The van der Waals surface area contributed by atoms with E-state index in [9.17, 15) is 0 Å². The number of nitrogens with one attached hydrogen (secondary N) is 1. The fraction of sp³-hybridized carbons (Fsp3) is 0.812. The summed E-state index contributed by atoms with van der Waals surface area (Å²) in [5.41, 5.74) is 1.37. The molecule has 1 N–H and O–H groups in total. The molecule has 0 radical (unpaired) electrons. The highest BCUT2D eigenvalue weighted by Gasteiger charge is 2.41. The van der Waals surface area contributed by atoms with Gasteiger partial charge in [-0.25, -0.2) is 4.98 Å². The van der Waals surface area contributed by atoms with Crippen LogP contribution in [0.3, 0.4) is 0 Å². The first-order chi connectivity index (χ1) is 9.33. The van der Waals surface area contributed by atoms with Crippen LogP contribution in [0.1, 0.15) is 66.9 Å². The van der Waals surface area contributed by atoms with Gasteiger partial charge in [0.1, 0.15) is 0 Å². The van der Waals surface area contributed by atoms with Gasteiger partial charge in [-0.3, -0.25) is 0 Å². The van der Waals surface area contributed by atoms with E-state index in [0.717, 1.165) is 36.8 Å². The topological polar surface area (TPSA) is 24.9 Å². The normalized spacial score (nSPS) is 33.2. The first-order valence-electron chi connectivity index (χ1n) is 8.05. The summed E-state index contributed by atoms with van der Waals surface area (Å²) in [7, 11) is 0. The molecule has 2 bridgehead atoms. The molecule has 3 aliphatic carbocycles. The van der Waals surface area contributed by atoms with Crippen LogP contribution in [0.4, 0.5) is 0 Å². The van der Waals surface area contributed by atoms with Gasteiger partial charge in [0.2, 0.25) is 0 Å². The first kappa shape index (κ1) is 12.3. The zero-order valence-corrected chi connectivity index (χ0v) is 12.6. The standard InChI is InChI=1S/C16H24N2S/c1-2-14-15(9-17-12-5-6-12)19-16(18-14)13-8-10-3-4-11(13)7-10/h10-13,17H,2-9H2,1H3. The molecule has 3 saturated carbocycles. The van der Waals surface area contributed by atoms with Crippen molar-refractivity contribution < 1.29 is 0 Å². The van der Waals surface area contributed by atoms with Crippen molar-refractivity contribution in [2.24, 2.45) is 11.8 Å². The van der Waals surface area contributed by atoms with E-state index >= 15 is 0 Å². The summed E-state index contributed by atoms with van der Waals surface area (Å²) in [6.45, 7) is 3.31. The minimum atomic E-state index is 0.803. The lowest BCUT2D eigenvalue weighted by atomic mass is 9.89. The van der Waals surface area contributed by atoms with E-state index in [0.29, 0.717) is 0 Å². The minimum absolute atomic E-state index is 0.803. The lowest BCUT2D eigenvalue weighted by Crippen LogP contribution is -2.15. The van der Waals surface area contributed by atoms with Crippen LogP contribution in [0.5, 0.6) is 0 Å². The van der Waals surface area contributed by atoms with Gasteiger partial charge in [-0.2, -0.15) is 0 Å². The molecule has 1 aromatic rings. The lowest BCUT2D eigenvalue weighted by Gasteiger charge is -2.18. The zero-order chi connectivity index (χ0) is 12.8. The molecule has 104 valence electrons. The molecule has 1 heterocycles. The third kappa shape index (κ3) is 2.36. The SMILES string of the molecule is CCc1nc(C2CC3CCC2C3)sc1CNC1CC1. The van der Waals surface area contributed by atoms with Crippen molar-refractivity contribution in [1.29, 1.82) is 0 Å². The molecule has 0 aromatic carbocycles. The van der Waals surface area contributed by atoms with Crippen molar-refractivity contribution in [3.8, 4) is 0 Å². The van der Waals surface area contributed by atoms with Crippen LogP contribution in [0.25, 0.3) is 0 Å². The number of hydrogen-bond acceptors (Lipinski definition) is 3. The van der Waals surface area contributed by atoms with Crippen molar-refractivity contribution in [3.05, 3.63) is 15.6 Å². The van der Waals surface area contributed by atoms with Gasteiger partial charge in [0, 0.05) is 23.4 Å². The second kappa shape index (κ2) is 4.85. The summed E-state index contributed by atoms with van der Waals surface area (Å²) in [5.74, 6) is 2.80. The van der Waals surface area contributed by atoms with E-state index < -0.39 is 0 Å². The van der Waals surface area contributed by atoms with E-state index in [-0.39, 0.29) is 0 Å². The van der Waals surface area contributed by atoms with Gasteiger partial charge >= 0.3 is 0 Å².